The summed E-state index contributed by atoms with van der Waals surface area (Å²) in [5, 5.41) is 0.127. The lowest BCUT2D eigenvalue weighted by Crippen LogP contribution is -2.10. The Morgan fingerprint density at radius 3 is 2.20 bits per heavy atom. The molecule has 0 saturated carbocycles. The fraction of sp³-hybridized carbons (Fsp3) is 0.800. The lowest BCUT2D eigenvalue weighted by Gasteiger charge is -2.13. The Labute approximate surface area is 74.8 Å². The van der Waals surface area contributed by atoms with Crippen LogP contribution in [0.25, 0.3) is 0 Å². The summed E-state index contributed by atoms with van der Waals surface area (Å²) in [5.41, 5.74) is 0. The van der Waals surface area contributed by atoms with Crippen LogP contribution in [-0.2, 0) is 0 Å². The van der Waals surface area contributed by atoms with Crippen molar-refractivity contribution in [3.63, 3.8) is 0 Å². The van der Waals surface area contributed by atoms with Gasteiger partial charge in [0.1, 0.15) is 0 Å². The predicted molar refractivity (Wildman–Crippen MR) is 52.4 cm³/mol. The Morgan fingerprint density at radius 1 is 1.40 bits per heavy atom. The van der Waals surface area contributed by atoms with Crippen molar-refractivity contribution in [2.24, 2.45) is 0 Å². The summed E-state index contributed by atoms with van der Waals surface area (Å²) >= 11 is 4.22. The van der Waals surface area contributed by atoms with Crippen LogP contribution in [0.5, 0.6) is 0 Å². The van der Waals surface area contributed by atoms with Crippen LogP contribution in [0, 0.1) is 0 Å². The van der Waals surface area contributed by atoms with Gasteiger partial charge in [0.2, 0.25) is 0 Å². The van der Waals surface area contributed by atoms with E-state index in [-0.39, 0.29) is 5.24 Å². The Morgan fingerprint density at radius 2 is 1.90 bits per heavy atom. The number of nitrogens with zero attached hydrogens (tertiary/aromatic N) is 1. The number of carbonyl (C=O) groups is 1. The normalized spacial score (nSPS) is 9.50. The molecule has 0 fully saturated rings. The zero-order chi connectivity index (χ0) is 7.98. The summed E-state index contributed by atoms with van der Waals surface area (Å²) in [7, 11) is 0. The van der Waals surface area contributed by atoms with Crippen molar-refractivity contribution in [2.75, 3.05) is 18.3 Å². The molecule has 10 heavy (non-hydrogen) atoms. The van der Waals surface area contributed by atoms with Crippen molar-refractivity contribution < 1.29 is 4.79 Å². The number of thioether (sulfide) groups is 1. The third-order valence-electron chi connectivity index (χ3n) is 0.749. The summed E-state index contributed by atoms with van der Waals surface area (Å²) in [6.07, 6.45) is 3.79. The molecule has 60 valence electrons. The second-order valence-corrected chi connectivity index (χ2v) is 4.23. The molecule has 0 spiro atoms. The zero-order valence-corrected chi connectivity index (χ0v) is 8.74. The second-order valence-electron chi connectivity index (χ2n) is 1.32. The average Bonchev–Trinajstić information content (AvgIpc) is 1.91. The molecule has 0 aliphatic heterocycles. The molecule has 0 aromatic heterocycles. The first kappa shape index (κ1) is 10.5. The van der Waals surface area contributed by atoms with E-state index in [4.69, 9.17) is 0 Å². The molecular weight excluding hydrogens is 186 g/mol. The van der Waals surface area contributed by atoms with Gasteiger partial charge in [-0.15, -0.1) is 0 Å². The first-order valence-electron chi connectivity index (χ1n) is 2.81. The third kappa shape index (κ3) is 3.63. The molecule has 0 saturated heterocycles. The fourth-order valence-electron chi connectivity index (χ4n) is 0.400. The highest BCUT2D eigenvalue weighted by atomic mass is 32.2. The van der Waals surface area contributed by atoms with Crippen molar-refractivity contribution in [1.29, 1.82) is 0 Å². The molecule has 0 aliphatic rings. The second kappa shape index (κ2) is 6.24. The van der Waals surface area contributed by atoms with Gasteiger partial charge in [0.15, 0.2) is 0 Å². The summed E-state index contributed by atoms with van der Waals surface area (Å²) < 4.78 is 1.66. The minimum absolute atomic E-state index is 0.127. The molecule has 0 aliphatic carbocycles. The minimum Gasteiger partial charge on any atom is -0.260 e. The van der Waals surface area contributed by atoms with Crippen LogP contribution in [-0.4, -0.2) is 27.2 Å². The maximum atomic E-state index is 11.1. The third-order valence-corrected chi connectivity index (χ3v) is 3.59. The largest absolute Gasteiger partial charge is 0.301 e. The Balaban J connectivity index is 3.65. The summed E-state index contributed by atoms with van der Waals surface area (Å²) in [6.45, 7) is 1.97. The molecule has 0 atom stereocenters. The lowest BCUT2D eigenvalue weighted by molar-refractivity contribution is 0.259. The van der Waals surface area contributed by atoms with E-state index in [1.807, 2.05) is 19.4 Å². The molecule has 0 radical (unpaired) electrons. The highest BCUT2D eigenvalue weighted by Gasteiger charge is 2.09. The van der Waals surface area contributed by atoms with E-state index >= 15 is 0 Å². The number of hydrogen-bond acceptors (Lipinski definition) is 4. The Bertz CT molecular complexity index is 105. The van der Waals surface area contributed by atoms with Gasteiger partial charge in [0.25, 0.3) is 0 Å². The maximum Gasteiger partial charge on any atom is 0.301 e. The van der Waals surface area contributed by atoms with Crippen LogP contribution in [0.2, 0.25) is 0 Å². The van der Waals surface area contributed by atoms with Crippen molar-refractivity contribution in [1.82, 2.24) is 3.71 Å². The van der Waals surface area contributed by atoms with Crippen LogP contribution < -0.4 is 0 Å². The van der Waals surface area contributed by atoms with Gasteiger partial charge in [-0.2, -0.15) is 0 Å². The highest BCUT2D eigenvalue weighted by molar-refractivity contribution is 8.19. The molecule has 1 amide bonds. The Hall–Kier alpha value is 0.520. The molecule has 0 N–H and O–H groups in total. The van der Waals surface area contributed by atoms with Crippen molar-refractivity contribution >= 4 is 40.9 Å². The summed E-state index contributed by atoms with van der Waals surface area (Å²) in [5.74, 6) is 0.844. The van der Waals surface area contributed by atoms with E-state index < -0.39 is 0 Å². The van der Waals surface area contributed by atoms with Crippen LogP contribution in [0.4, 0.5) is 4.79 Å². The van der Waals surface area contributed by atoms with E-state index in [9.17, 15) is 4.79 Å². The Kier molecular flexibility index (Phi) is 6.57. The SMILES string of the molecule is CCSC(=O)N(SC)SC. The molecule has 0 rings (SSSR count). The van der Waals surface area contributed by atoms with E-state index in [1.165, 1.54) is 35.7 Å². The van der Waals surface area contributed by atoms with Gasteiger partial charge in [0.05, 0.1) is 0 Å². The number of rotatable bonds is 3. The quantitative estimate of drug-likeness (QED) is 0.648. The zero-order valence-electron chi connectivity index (χ0n) is 6.29. The molecule has 2 nitrogen and oxygen atoms in total. The fourth-order valence-corrected chi connectivity index (χ4v) is 2.41. The number of carbonyl (C=O) groups excluding carboxylic acids is 1. The summed E-state index contributed by atoms with van der Waals surface area (Å²) in [6, 6.07) is 0. The van der Waals surface area contributed by atoms with Crippen molar-refractivity contribution in [3.05, 3.63) is 0 Å². The smallest absolute Gasteiger partial charge is 0.260 e. The molecular formula is C5H11NOS3. The standard InChI is InChI=1S/C5H11NOS3/c1-4-10-5(7)6(8-2)9-3/h4H2,1-3H3. The van der Waals surface area contributed by atoms with E-state index in [1.54, 1.807) is 3.71 Å². The van der Waals surface area contributed by atoms with Crippen LogP contribution in [0.1, 0.15) is 6.92 Å². The number of amides is 1. The van der Waals surface area contributed by atoms with E-state index in [0.29, 0.717) is 0 Å². The first-order chi connectivity index (χ1) is 4.76. The molecule has 5 heteroatoms. The minimum atomic E-state index is 0.127. The highest BCUT2D eigenvalue weighted by Crippen LogP contribution is 2.22. The monoisotopic (exact) mass is 197 g/mol. The van der Waals surface area contributed by atoms with Crippen LogP contribution in [0.15, 0.2) is 0 Å². The van der Waals surface area contributed by atoms with Gasteiger partial charge < -0.3 is 0 Å². The van der Waals surface area contributed by atoms with Gasteiger partial charge in [-0.25, -0.2) is 3.71 Å². The average molecular weight is 197 g/mol. The molecule has 0 heterocycles. The molecule has 0 aromatic carbocycles. The first-order valence-corrected chi connectivity index (χ1v) is 6.16. The molecule has 0 aromatic rings. The van der Waals surface area contributed by atoms with Gasteiger partial charge in [-0.1, -0.05) is 18.7 Å². The van der Waals surface area contributed by atoms with Crippen molar-refractivity contribution in [2.45, 2.75) is 6.92 Å². The van der Waals surface area contributed by atoms with Gasteiger partial charge in [-0.05, 0) is 29.6 Å². The summed E-state index contributed by atoms with van der Waals surface area (Å²) in [4.78, 5) is 11.1. The van der Waals surface area contributed by atoms with E-state index in [0.717, 1.165) is 5.75 Å². The maximum absolute atomic E-state index is 11.1. The topological polar surface area (TPSA) is 20.3 Å². The predicted octanol–water partition coefficient (Wildman–Crippen LogP) is 2.72. The van der Waals surface area contributed by atoms with Crippen LogP contribution in [0.3, 0.4) is 0 Å². The molecule has 0 bridgehead atoms. The van der Waals surface area contributed by atoms with Crippen LogP contribution >= 0.6 is 35.7 Å². The van der Waals surface area contributed by atoms with Gasteiger partial charge >= 0.3 is 5.24 Å². The lowest BCUT2D eigenvalue weighted by atomic mass is 11.0. The van der Waals surface area contributed by atoms with E-state index in [2.05, 4.69) is 0 Å². The van der Waals surface area contributed by atoms with Gasteiger partial charge in [0, 0.05) is 12.5 Å². The number of hydrogen-bond donors (Lipinski definition) is 0. The van der Waals surface area contributed by atoms with Gasteiger partial charge in [-0.3, -0.25) is 4.79 Å². The van der Waals surface area contributed by atoms with Crippen molar-refractivity contribution in [3.8, 4) is 0 Å². The molecule has 0 unspecified atom stereocenters.